The van der Waals surface area contributed by atoms with E-state index in [1.54, 1.807) is 0 Å². The van der Waals surface area contributed by atoms with Crippen molar-refractivity contribution in [3.63, 3.8) is 0 Å². The molecule has 49 heavy (non-hydrogen) atoms. The minimum absolute atomic E-state index is 0.0547. The van der Waals surface area contributed by atoms with Crippen molar-refractivity contribution in [2.75, 3.05) is 0 Å². The first kappa shape index (κ1) is 28.0. The van der Waals surface area contributed by atoms with Gasteiger partial charge in [0.2, 0.25) is 5.95 Å². The molecule has 232 valence electrons. The highest BCUT2D eigenvalue weighted by Crippen LogP contribution is 2.50. The molecular weight excluding hydrogens is 595 g/mol. The summed E-state index contributed by atoms with van der Waals surface area (Å²) in [6, 6.07) is 52.9. The Morgan fingerprint density at radius 1 is 0.510 bits per heavy atom. The number of aryl methyl sites for hydroxylation is 1. The van der Waals surface area contributed by atoms with Gasteiger partial charge in [0, 0.05) is 27.1 Å². The van der Waals surface area contributed by atoms with Crippen molar-refractivity contribution in [2.45, 2.75) is 26.2 Å². The topological polar surface area (TPSA) is 30.7 Å². The van der Waals surface area contributed by atoms with E-state index < -0.39 is 0 Å². The summed E-state index contributed by atoms with van der Waals surface area (Å²) in [5.74, 6) is 0.675. The molecule has 0 bridgehead atoms. The zero-order valence-electron chi connectivity index (χ0n) is 27.7. The number of hydrogen-bond acceptors (Lipinski definition) is 2. The number of rotatable bonds is 3. The van der Waals surface area contributed by atoms with Crippen LogP contribution in [-0.4, -0.2) is 14.5 Å². The maximum Gasteiger partial charge on any atom is 0.235 e. The van der Waals surface area contributed by atoms with Gasteiger partial charge in [-0.05, 0) is 81.4 Å². The van der Waals surface area contributed by atoms with Crippen LogP contribution >= 0.6 is 0 Å². The van der Waals surface area contributed by atoms with Crippen LogP contribution in [0.25, 0.3) is 82.9 Å². The number of benzene rings is 7. The summed E-state index contributed by atoms with van der Waals surface area (Å²) in [6.45, 7) is 6.81. The number of hydrogen-bond donors (Lipinski definition) is 0. The van der Waals surface area contributed by atoms with Gasteiger partial charge >= 0.3 is 0 Å². The maximum atomic E-state index is 5.33. The predicted molar refractivity (Wildman–Crippen MR) is 205 cm³/mol. The van der Waals surface area contributed by atoms with Crippen molar-refractivity contribution in [3.8, 4) is 39.5 Å². The summed E-state index contributed by atoms with van der Waals surface area (Å²) < 4.78 is 2.26. The predicted octanol–water partition coefficient (Wildman–Crippen LogP) is 11.8. The highest BCUT2D eigenvalue weighted by atomic mass is 15.2. The first-order valence-corrected chi connectivity index (χ1v) is 17.0. The molecule has 0 unspecified atom stereocenters. The van der Waals surface area contributed by atoms with Crippen LogP contribution in [0.4, 0.5) is 0 Å². The largest absolute Gasteiger partial charge is 0.278 e. The molecule has 0 spiro atoms. The van der Waals surface area contributed by atoms with Gasteiger partial charge in [-0.25, -0.2) is 9.97 Å². The molecule has 9 aromatic rings. The van der Waals surface area contributed by atoms with Crippen LogP contribution < -0.4 is 0 Å². The van der Waals surface area contributed by atoms with Gasteiger partial charge in [0.25, 0.3) is 0 Å². The number of nitrogens with zero attached hydrogens (tertiary/aromatic N) is 3. The average Bonchev–Trinajstić information content (AvgIpc) is 3.60. The molecule has 0 N–H and O–H groups in total. The molecule has 0 saturated heterocycles. The fraction of sp³-hybridized carbons (Fsp3) is 0.0870. The summed E-state index contributed by atoms with van der Waals surface area (Å²) in [5.41, 5.74) is 14.2. The van der Waals surface area contributed by atoms with Gasteiger partial charge < -0.3 is 0 Å². The first-order chi connectivity index (χ1) is 24.0. The Kier molecular flexibility index (Phi) is 5.84. The molecule has 1 aliphatic rings. The molecule has 1 aliphatic carbocycles. The molecule has 3 heteroatoms. The molecule has 0 aliphatic heterocycles. The summed E-state index contributed by atoms with van der Waals surface area (Å²) in [7, 11) is 0. The second-order valence-corrected chi connectivity index (χ2v) is 13.9. The van der Waals surface area contributed by atoms with Crippen LogP contribution in [0.5, 0.6) is 0 Å². The van der Waals surface area contributed by atoms with E-state index in [1.165, 1.54) is 60.5 Å². The van der Waals surface area contributed by atoms with Gasteiger partial charge in [-0.3, -0.25) is 4.57 Å². The van der Waals surface area contributed by atoms with E-state index in [0.717, 1.165) is 33.2 Å². The Morgan fingerprint density at radius 2 is 1.18 bits per heavy atom. The molecule has 10 rings (SSSR count). The smallest absolute Gasteiger partial charge is 0.235 e. The third-order valence-electron chi connectivity index (χ3n) is 10.7. The fourth-order valence-electron chi connectivity index (χ4n) is 8.17. The lowest BCUT2D eigenvalue weighted by Gasteiger charge is -2.22. The van der Waals surface area contributed by atoms with Gasteiger partial charge in [-0.2, -0.15) is 0 Å². The second-order valence-electron chi connectivity index (χ2n) is 13.9. The fourth-order valence-corrected chi connectivity index (χ4v) is 8.17. The normalized spacial score (nSPS) is 13.4. The lowest BCUT2D eigenvalue weighted by molar-refractivity contribution is 0.660. The summed E-state index contributed by atoms with van der Waals surface area (Å²) >= 11 is 0. The van der Waals surface area contributed by atoms with E-state index in [4.69, 9.17) is 9.97 Å². The molecule has 3 nitrogen and oxygen atoms in total. The maximum absolute atomic E-state index is 5.33. The summed E-state index contributed by atoms with van der Waals surface area (Å²) in [6.07, 6.45) is 0. The van der Waals surface area contributed by atoms with Crippen molar-refractivity contribution in [2.24, 2.45) is 0 Å². The Hall–Kier alpha value is -6.06. The molecule has 2 aromatic heterocycles. The monoisotopic (exact) mass is 627 g/mol. The highest BCUT2D eigenvalue weighted by molar-refractivity contribution is 6.21. The average molecular weight is 628 g/mol. The lowest BCUT2D eigenvalue weighted by atomic mass is 9.81. The molecular formula is C46H33N3. The van der Waals surface area contributed by atoms with Crippen LogP contribution in [0, 0.1) is 6.92 Å². The third-order valence-corrected chi connectivity index (χ3v) is 10.7. The van der Waals surface area contributed by atoms with Crippen LogP contribution in [0.1, 0.15) is 30.5 Å². The Bertz CT molecular complexity index is 2800. The zero-order chi connectivity index (χ0) is 32.9. The van der Waals surface area contributed by atoms with Gasteiger partial charge in [0.05, 0.1) is 22.2 Å². The first-order valence-electron chi connectivity index (χ1n) is 17.0. The Labute approximate surface area is 285 Å². The van der Waals surface area contributed by atoms with E-state index in [0.29, 0.717) is 5.95 Å². The molecule has 0 radical (unpaired) electrons. The van der Waals surface area contributed by atoms with Gasteiger partial charge in [0.1, 0.15) is 0 Å². The minimum Gasteiger partial charge on any atom is -0.278 e. The van der Waals surface area contributed by atoms with Crippen molar-refractivity contribution in [3.05, 3.63) is 162 Å². The quantitative estimate of drug-likeness (QED) is 0.195. The van der Waals surface area contributed by atoms with E-state index >= 15 is 0 Å². The Balaban J connectivity index is 1.24. The zero-order valence-corrected chi connectivity index (χ0v) is 27.7. The highest BCUT2D eigenvalue weighted by Gasteiger charge is 2.35. The summed E-state index contributed by atoms with van der Waals surface area (Å²) in [4.78, 5) is 10.5. The van der Waals surface area contributed by atoms with Crippen LogP contribution in [0.2, 0.25) is 0 Å². The molecule has 0 saturated carbocycles. The number of fused-ring (bicyclic) bond motifs is 9. The van der Waals surface area contributed by atoms with E-state index in [1.807, 2.05) is 0 Å². The molecule has 2 heterocycles. The van der Waals surface area contributed by atoms with Crippen molar-refractivity contribution >= 4 is 43.5 Å². The lowest BCUT2D eigenvalue weighted by Crippen LogP contribution is -2.14. The van der Waals surface area contributed by atoms with Gasteiger partial charge in [-0.1, -0.05) is 135 Å². The van der Waals surface area contributed by atoms with Gasteiger partial charge in [0.15, 0.2) is 0 Å². The van der Waals surface area contributed by atoms with Crippen molar-refractivity contribution in [1.82, 2.24) is 14.5 Å². The van der Waals surface area contributed by atoms with E-state index in [2.05, 4.69) is 171 Å². The second kappa shape index (κ2) is 10.2. The van der Waals surface area contributed by atoms with Crippen molar-refractivity contribution < 1.29 is 0 Å². The van der Waals surface area contributed by atoms with Crippen LogP contribution in [0.3, 0.4) is 0 Å². The molecule has 7 aromatic carbocycles. The molecule has 0 amide bonds. The molecule has 0 fully saturated rings. The number of aromatic nitrogens is 3. The van der Waals surface area contributed by atoms with E-state index in [-0.39, 0.29) is 5.41 Å². The van der Waals surface area contributed by atoms with Gasteiger partial charge in [-0.15, -0.1) is 0 Å². The Morgan fingerprint density at radius 3 is 2.06 bits per heavy atom. The number of para-hydroxylation sites is 1. The minimum atomic E-state index is -0.0547. The third kappa shape index (κ3) is 4.09. The summed E-state index contributed by atoms with van der Waals surface area (Å²) in [5, 5.41) is 5.91. The molecule has 0 atom stereocenters. The van der Waals surface area contributed by atoms with Crippen LogP contribution in [-0.2, 0) is 5.41 Å². The van der Waals surface area contributed by atoms with E-state index in [9.17, 15) is 0 Å². The standard InChI is InChI=1S/C46H33N3/c1-28-16-18-30(19-17-28)44-36-13-7-9-15-40(36)47-45(48-44)49-41-24-22-31(26-37(41)43-33-11-5-4-10-29(33)21-25-42(43)49)32-20-23-35-34-12-6-8-14-38(34)46(2,3)39(35)27-32/h4-27H,1-3H3. The SMILES string of the molecule is Cc1ccc(-c2nc(-n3c4ccc(-c5ccc6c(c5)C(C)(C)c5ccccc5-6)cc4c4c5ccccc5ccc43)nc3ccccc23)cc1. The van der Waals surface area contributed by atoms with Crippen molar-refractivity contribution in [1.29, 1.82) is 0 Å². The van der Waals surface area contributed by atoms with Crippen LogP contribution in [0.15, 0.2) is 146 Å².